The molecular weight excluding hydrogens is 508 g/mol. The van der Waals surface area contributed by atoms with E-state index in [0.717, 1.165) is 24.8 Å². The van der Waals surface area contributed by atoms with Crippen LogP contribution in [0.3, 0.4) is 0 Å². The van der Waals surface area contributed by atoms with Gasteiger partial charge in [0.15, 0.2) is 0 Å². The van der Waals surface area contributed by atoms with Crippen molar-refractivity contribution in [3.8, 4) is 0 Å². The van der Waals surface area contributed by atoms with E-state index in [1.54, 1.807) is 24.0 Å². The summed E-state index contributed by atoms with van der Waals surface area (Å²) in [7, 11) is 0. The highest BCUT2D eigenvalue weighted by atomic mass is 35.5. The molecule has 2 saturated heterocycles. The van der Waals surface area contributed by atoms with Gasteiger partial charge in [0, 0.05) is 6.54 Å². The van der Waals surface area contributed by atoms with Crippen LogP contribution in [0.5, 0.6) is 0 Å². The number of fused-ring (bicyclic) bond motifs is 2. The predicted molar refractivity (Wildman–Crippen MR) is 143 cm³/mol. The van der Waals surface area contributed by atoms with E-state index in [9.17, 15) is 19.5 Å². The van der Waals surface area contributed by atoms with Crippen LogP contribution in [0, 0.1) is 18.8 Å². The number of nitrogens with zero attached hydrogens (tertiary/aromatic N) is 2. The molecule has 1 aromatic rings. The second-order valence-electron chi connectivity index (χ2n) is 10.7. The van der Waals surface area contributed by atoms with Gasteiger partial charge in [-0.1, -0.05) is 55.0 Å². The molecule has 9 heteroatoms. The molecule has 0 bridgehead atoms. The van der Waals surface area contributed by atoms with Gasteiger partial charge in [-0.25, -0.2) is 0 Å². The van der Waals surface area contributed by atoms with Crippen molar-refractivity contribution in [3.63, 3.8) is 0 Å². The van der Waals surface area contributed by atoms with Gasteiger partial charge in [-0.15, -0.1) is 0 Å². The summed E-state index contributed by atoms with van der Waals surface area (Å²) in [6.45, 7) is 5.63. The van der Waals surface area contributed by atoms with E-state index in [0.29, 0.717) is 17.1 Å². The molecule has 0 aromatic heterocycles. The first-order valence-corrected chi connectivity index (χ1v) is 13.8. The Morgan fingerprint density at radius 2 is 1.92 bits per heavy atom. The Bertz CT molecular complexity index is 1180. The van der Waals surface area contributed by atoms with Gasteiger partial charge in [0.05, 0.1) is 35.9 Å². The zero-order valence-corrected chi connectivity index (χ0v) is 22.8. The van der Waals surface area contributed by atoms with Crippen LogP contribution < -0.4 is 4.90 Å². The normalized spacial score (nSPS) is 34.8. The fraction of sp³-hybridized carbons (Fsp3) is 0.552. The number of esters is 1. The van der Waals surface area contributed by atoms with Crippen molar-refractivity contribution in [2.75, 3.05) is 24.7 Å². The second-order valence-corrected chi connectivity index (χ2v) is 11.1. The first kappa shape index (κ1) is 26.9. The quantitative estimate of drug-likeness (QED) is 0.461. The molecule has 5 rings (SSSR count). The second kappa shape index (κ2) is 10.1. The third-order valence-electron chi connectivity index (χ3n) is 8.52. The third-order valence-corrected chi connectivity index (χ3v) is 8.82. The lowest BCUT2D eigenvalue weighted by Gasteiger charge is -2.40. The summed E-state index contributed by atoms with van der Waals surface area (Å²) in [5.41, 5.74) is -1.15. The molecule has 0 radical (unpaired) electrons. The lowest BCUT2D eigenvalue weighted by atomic mass is 9.73. The van der Waals surface area contributed by atoms with Crippen molar-refractivity contribution in [3.05, 3.63) is 53.1 Å². The molecule has 4 aliphatic heterocycles. The van der Waals surface area contributed by atoms with Crippen LogP contribution in [0.1, 0.15) is 45.1 Å². The van der Waals surface area contributed by atoms with Gasteiger partial charge in [-0.2, -0.15) is 0 Å². The molecule has 1 spiro atoms. The largest absolute Gasteiger partial charge is 0.465 e. The van der Waals surface area contributed by atoms with Crippen molar-refractivity contribution >= 4 is 35.1 Å². The zero-order valence-electron chi connectivity index (χ0n) is 22.1. The Morgan fingerprint density at radius 3 is 2.63 bits per heavy atom. The van der Waals surface area contributed by atoms with Crippen LogP contribution in [0.4, 0.5) is 5.69 Å². The van der Waals surface area contributed by atoms with Crippen LogP contribution in [0.25, 0.3) is 0 Å². The SMILES string of the molecule is CC[C@@]12/C=C\CCCCOC(=O)[C@@H]1[C@H]1C(=O)N([C@H](C)CO)C3C(=O)N(c4c(C)cccc4Cl)CC=C[C@@]31O2. The molecule has 6 atom stereocenters. The number of carbonyl (C=O) groups is 3. The van der Waals surface area contributed by atoms with E-state index in [2.05, 4.69) is 0 Å². The monoisotopic (exact) mass is 542 g/mol. The molecule has 1 unspecified atom stereocenters. The van der Waals surface area contributed by atoms with Crippen molar-refractivity contribution in [2.45, 2.75) is 69.7 Å². The Balaban J connectivity index is 1.70. The van der Waals surface area contributed by atoms with Crippen LogP contribution in [-0.2, 0) is 23.9 Å². The van der Waals surface area contributed by atoms with Gasteiger partial charge in [0.2, 0.25) is 5.91 Å². The number of benzene rings is 1. The third kappa shape index (κ3) is 3.91. The number of carbonyl (C=O) groups excluding carboxylic acids is 3. The number of aryl methyl sites for hydroxylation is 1. The highest BCUT2D eigenvalue weighted by molar-refractivity contribution is 6.34. The summed E-state index contributed by atoms with van der Waals surface area (Å²) < 4.78 is 12.6. The molecule has 4 aliphatic rings. The molecule has 204 valence electrons. The average Bonchev–Trinajstić information content (AvgIpc) is 3.26. The molecule has 38 heavy (non-hydrogen) atoms. The minimum atomic E-state index is -1.42. The van der Waals surface area contributed by atoms with Gasteiger partial charge in [-0.05, 0) is 51.2 Å². The Hall–Kier alpha value is -2.68. The van der Waals surface area contributed by atoms with Crippen LogP contribution in [0.2, 0.25) is 5.02 Å². The number of hydrogen-bond donors (Lipinski definition) is 1. The maximum Gasteiger partial charge on any atom is 0.313 e. The summed E-state index contributed by atoms with van der Waals surface area (Å²) in [4.78, 5) is 45.4. The van der Waals surface area contributed by atoms with Crippen LogP contribution in [-0.4, -0.2) is 70.8 Å². The van der Waals surface area contributed by atoms with E-state index in [1.165, 1.54) is 4.90 Å². The molecular formula is C29H35ClN2O6. The number of aliphatic hydroxyl groups excluding tert-OH is 1. The standard InChI is InChI=1S/C29H35ClN2O6/c1-4-28-13-7-5-6-8-16-37-27(36)22(28)21-25(34)32(19(3)17-33)24-26(35)31(15-10-14-29(21,24)38-28)23-18(2)11-9-12-20(23)30/h7,9-14,19,21-22,24,33H,4-6,8,15-17H2,1-3H3/b13-7-/t19-,21+,22+,24?,28-,29+/m1/s1. The number of likely N-dealkylation sites (tertiary alicyclic amines) is 1. The molecule has 2 fully saturated rings. The van der Waals surface area contributed by atoms with Crippen molar-refractivity contribution in [2.24, 2.45) is 11.8 Å². The summed E-state index contributed by atoms with van der Waals surface area (Å²) in [5.74, 6) is -3.16. The fourth-order valence-corrected chi connectivity index (χ4v) is 7.03. The highest BCUT2D eigenvalue weighted by Gasteiger charge is 2.75. The number of amides is 2. The van der Waals surface area contributed by atoms with E-state index >= 15 is 0 Å². The maximum atomic E-state index is 14.5. The number of anilines is 1. The van der Waals surface area contributed by atoms with Crippen LogP contribution in [0.15, 0.2) is 42.5 Å². The maximum absolute atomic E-state index is 14.5. The number of rotatable bonds is 4. The van der Waals surface area contributed by atoms with Gasteiger partial charge >= 0.3 is 5.97 Å². The number of halogens is 1. The molecule has 1 N–H and O–H groups in total. The predicted octanol–water partition coefficient (Wildman–Crippen LogP) is 3.58. The van der Waals surface area contributed by atoms with E-state index in [1.807, 2.05) is 44.2 Å². The van der Waals surface area contributed by atoms with Crippen molar-refractivity contribution in [1.82, 2.24) is 4.90 Å². The number of aliphatic hydroxyl groups is 1. The first-order chi connectivity index (χ1) is 18.2. The molecule has 0 saturated carbocycles. The number of allylic oxidation sites excluding steroid dienone is 1. The minimum Gasteiger partial charge on any atom is -0.465 e. The lowest BCUT2D eigenvalue weighted by molar-refractivity contribution is -0.161. The van der Waals surface area contributed by atoms with Crippen molar-refractivity contribution < 1.29 is 29.0 Å². The molecule has 2 amide bonds. The minimum absolute atomic E-state index is 0.220. The number of ether oxygens (including phenoxy) is 2. The van der Waals surface area contributed by atoms with Crippen LogP contribution >= 0.6 is 11.6 Å². The fourth-order valence-electron chi connectivity index (χ4n) is 6.70. The van der Waals surface area contributed by atoms with Gasteiger partial charge in [-0.3, -0.25) is 14.4 Å². The summed E-state index contributed by atoms with van der Waals surface area (Å²) in [6, 6.07) is 3.65. The van der Waals surface area contributed by atoms with Crippen molar-refractivity contribution in [1.29, 1.82) is 0 Å². The van der Waals surface area contributed by atoms with E-state index in [4.69, 9.17) is 21.1 Å². The topological polar surface area (TPSA) is 96.4 Å². The lowest BCUT2D eigenvalue weighted by Crippen LogP contribution is -2.58. The molecule has 4 heterocycles. The summed E-state index contributed by atoms with van der Waals surface area (Å²) in [5, 5.41) is 10.5. The summed E-state index contributed by atoms with van der Waals surface area (Å²) in [6.07, 6.45) is 10.4. The molecule has 0 aliphatic carbocycles. The Morgan fingerprint density at radius 1 is 1.13 bits per heavy atom. The van der Waals surface area contributed by atoms with E-state index < -0.39 is 47.0 Å². The summed E-state index contributed by atoms with van der Waals surface area (Å²) >= 11 is 6.58. The number of hydrogen-bond acceptors (Lipinski definition) is 6. The zero-order chi connectivity index (χ0) is 27.2. The van der Waals surface area contributed by atoms with Gasteiger partial charge < -0.3 is 24.4 Å². The Kier molecular flexibility index (Phi) is 7.18. The molecule has 1 aromatic carbocycles. The highest BCUT2D eigenvalue weighted by Crippen LogP contribution is 2.58. The van der Waals surface area contributed by atoms with Gasteiger partial charge in [0.25, 0.3) is 5.91 Å². The Labute approximate surface area is 228 Å². The van der Waals surface area contributed by atoms with Gasteiger partial charge in [0.1, 0.15) is 23.2 Å². The molecule has 8 nitrogen and oxygen atoms in total. The number of cyclic esters (lactones) is 1. The first-order valence-electron chi connectivity index (χ1n) is 13.4. The average molecular weight is 543 g/mol. The smallest absolute Gasteiger partial charge is 0.313 e. The number of para-hydroxylation sites is 1. The van der Waals surface area contributed by atoms with E-state index in [-0.39, 0.29) is 25.7 Å².